The highest BCUT2D eigenvalue weighted by molar-refractivity contribution is 6.13. The van der Waals surface area contributed by atoms with E-state index in [1.807, 2.05) is 0 Å². The quantitative estimate of drug-likeness (QED) is 0.410. The molecule has 0 heteroatoms. The molecule has 0 saturated heterocycles. The maximum Gasteiger partial charge on any atom is 0.0397 e. The summed E-state index contributed by atoms with van der Waals surface area (Å²) in [6.45, 7) is 4.58. The van der Waals surface area contributed by atoms with Crippen molar-refractivity contribution in [3.63, 3.8) is 0 Å². The second-order valence-corrected chi connectivity index (χ2v) is 9.52. The third kappa shape index (κ3) is 3.13. The van der Waals surface area contributed by atoms with Crippen LogP contribution in [-0.4, -0.2) is 0 Å². The van der Waals surface area contributed by atoms with E-state index in [-0.39, 0.29) is 5.41 Å². The number of benzene rings is 3. The first kappa shape index (κ1) is 20.9. The molecule has 0 amide bonds. The first-order valence-electron chi connectivity index (χ1n) is 12.6. The molecule has 0 fully saturated rings. The van der Waals surface area contributed by atoms with E-state index in [1.165, 1.54) is 55.0 Å². The van der Waals surface area contributed by atoms with Gasteiger partial charge in [-0.25, -0.2) is 0 Å². The van der Waals surface area contributed by atoms with Gasteiger partial charge in [0.1, 0.15) is 0 Å². The Labute approximate surface area is 202 Å². The van der Waals surface area contributed by atoms with Crippen molar-refractivity contribution in [3.8, 4) is 0 Å². The zero-order chi connectivity index (χ0) is 23.1. The van der Waals surface area contributed by atoms with E-state index in [1.54, 1.807) is 0 Å². The van der Waals surface area contributed by atoms with Crippen LogP contribution in [0.5, 0.6) is 0 Å². The summed E-state index contributed by atoms with van der Waals surface area (Å²) in [5.41, 5.74) is 11.0. The molecule has 0 bridgehead atoms. The van der Waals surface area contributed by atoms with Gasteiger partial charge in [0.15, 0.2) is 0 Å². The Morgan fingerprint density at radius 2 is 1.62 bits per heavy atom. The summed E-state index contributed by atoms with van der Waals surface area (Å²) >= 11 is 0. The van der Waals surface area contributed by atoms with Gasteiger partial charge in [0.25, 0.3) is 0 Å². The van der Waals surface area contributed by atoms with Crippen LogP contribution >= 0.6 is 0 Å². The lowest BCUT2D eigenvalue weighted by molar-refractivity contribution is 0.604. The summed E-state index contributed by atoms with van der Waals surface area (Å²) in [6.07, 6.45) is 15.0. The molecule has 34 heavy (non-hydrogen) atoms. The molecule has 3 aromatic carbocycles. The maximum absolute atomic E-state index is 2.58. The zero-order valence-electron chi connectivity index (χ0n) is 20.0. The Hall–Kier alpha value is -3.64. The maximum atomic E-state index is 2.58. The van der Waals surface area contributed by atoms with Gasteiger partial charge in [0, 0.05) is 5.41 Å². The number of hydrogen-bond acceptors (Lipinski definition) is 0. The van der Waals surface area contributed by atoms with Crippen molar-refractivity contribution >= 4 is 17.2 Å². The Morgan fingerprint density at radius 1 is 0.853 bits per heavy atom. The van der Waals surface area contributed by atoms with Crippen LogP contribution in [0.1, 0.15) is 43.4 Å². The van der Waals surface area contributed by atoms with Gasteiger partial charge < -0.3 is 0 Å². The summed E-state index contributed by atoms with van der Waals surface area (Å²) in [4.78, 5) is 0. The van der Waals surface area contributed by atoms with Crippen molar-refractivity contribution in [2.75, 3.05) is 0 Å². The third-order valence-electron chi connectivity index (χ3n) is 7.76. The van der Waals surface area contributed by atoms with Crippen molar-refractivity contribution < 1.29 is 0 Å². The van der Waals surface area contributed by atoms with Gasteiger partial charge >= 0.3 is 0 Å². The number of fused-ring (bicyclic) bond motifs is 2. The van der Waals surface area contributed by atoms with Gasteiger partial charge in [0.2, 0.25) is 0 Å². The molecule has 166 valence electrons. The van der Waals surface area contributed by atoms with E-state index in [9.17, 15) is 0 Å². The summed E-state index contributed by atoms with van der Waals surface area (Å²) in [7, 11) is 0. The largest absolute Gasteiger partial charge is 0.0801 e. The lowest BCUT2D eigenvalue weighted by Crippen LogP contribution is -2.32. The van der Waals surface area contributed by atoms with Crippen molar-refractivity contribution in [2.45, 2.75) is 38.5 Å². The minimum atomic E-state index is -0.171. The fraction of sp³-hybridized carbons (Fsp3) is 0.176. The molecule has 0 aromatic heterocycles. The van der Waals surface area contributed by atoms with Crippen molar-refractivity contribution in [1.82, 2.24) is 0 Å². The summed E-state index contributed by atoms with van der Waals surface area (Å²) in [5.74, 6) is 0. The van der Waals surface area contributed by atoms with Crippen LogP contribution in [0.4, 0.5) is 0 Å². The van der Waals surface area contributed by atoms with Crippen LogP contribution in [0.15, 0.2) is 120 Å². The average molecular weight is 439 g/mol. The number of allylic oxidation sites excluding steroid dienone is 8. The molecule has 0 aliphatic heterocycles. The molecular weight excluding hydrogens is 408 g/mol. The normalized spacial score (nSPS) is 20.6. The molecule has 3 aromatic rings. The topological polar surface area (TPSA) is 0 Å². The molecule has 0 N–H and O–H groups in total. The molecule has 0 heterocycles. The molecule has 0 saturated carbocycles. The van der Waals surface area contributed by atoms with E-state index in [0.717, 1.165) is 19.3 Å². The summed E-state index contributed by atoms with van der Waals surface area (Å²) in [6, 6.07) is 29.1. The summed E-state index contributed by atoms with van der Waals surface area (Å²) < 4.78 is 0. The van der Waals surface area contributed by atoms with Crippen LogP contribution in [0.25, 0.3) is 17.2 Å². The highest BCUT2D eigenvalue weighted by Gasteiger charge is 2.41. The van der Waals surface area contributed by atoms with Crippen LogP contribution in [0.2, 0.25) is 0 Å². The molecule has 1 unspecified atom stereocenters. The van der Waals surface area contributed by atoms with Gasteiger partial charge in [-0.2, -0.15) is 0 Å². The van der Waals surface area contributed by atoms with Crippen LogP contribution in [0.3, 0.4) is 0 Å². The number of aryl methyl sites for hydroxylation is 1. The predicted molar refractivity (Wildman–Crippen MR) is 145 cm³/mol. The van der Waals surface area contributed by atoms with E-state index in [2.05, 4.69) is 123 Å². The van der Waals surface area contributed by atoms with Crippen molar-refractivity contribution in [2.24, 2.45) is 0 Å². The first-order chi connectivity index (χ1) is 16.7. The Balaban J connectivity index is 1.76. The molecule has 0 nitrogen and oxygen atoms in total. The van der Waals surface area contributed by atoms with Crippen LogP contribution in [-0.2, 0) is 11.8 Å². The number of hydrogen-bond donors (Lipinski definition) is 0. The SMILES string of the molecule is CCc1ccc2c(c1)=CC1=C(C3=CC=CC3)C(CC)(c3ccccc3)C=C(c3ccccc3)C=21. The molecule has 6 rings (SSSR count). The lowest BCUT2D eigenvalue weighted by atomic mass is 9.62. The Morgan fingerprint density at radius 3 is 2.29 bits per heavy atom. The van der Waals surface area contributed by atoms with Gasteiger partial charge in [-0.3, -0.25) is 0 Å². The second kappa shape index (κ2) is 8.29. The Bertz CT molecular complexity index is 1510. The van der Waals surface area contributed by atoms with Crippen molar-refractivity contribution in [3.05, 3.63) is 147 Å². The highest BCUT2D eigenvalue weighted by Crippen LogP contribution is 2.53. The van der Waals surface area contributed by atoms with Gasteiger partial charge in [-0.05, 0) is 80.3 Å². The molecule has 3 aliphatic carbocycles. The minimum absolute atomic E-state index is 0.171. The fourth-order valence-corrected chi connectivity index (χ4v) is 6.05. The molecular formula is C34H30. The monoisotopic (exact) mass is 438 g/mol. The predicted octanol–water partition coefficient (Wildman–Crippen LogP) is 6.82. The lowest BCUT2D eigenvalue weighted by Gasteiger charge is -2.40. The van der Waals surface area contributed by atoms with Gasteiger partial charge in [-0.15, -0.1) is 0 Å². The van der Waals surface area contributed by atoms with Crippen molar-refractivity contribution in [1.29, 1.82) is 0 Å². The molecule has 0 spiro atoms. The molecule has 0 radical (unpaired) electrons. The highest BCUT2D eigenvalue weighted by atomic mass is 14.4. The van der Waals surface area contributed by atoms with E-state index >= 15 is 0 Å². The third-order valence-corrected chi connectivity index (χ3v) is 7.76. The molecule has 1 atom stereocenters. The van der Waals surface area contributed by atoms with E-state index in [4.69, 9.17) is 0 Å². The summed E-state index contributed by atoms with van der Waals surface area (Å²) in [5, 5.41) is 2.72. The second-order valence-electron chi connectivity index (χ2n) is 9.52. The average Bonchev–Trinajstić information content (AvgIpc) is 3.56. The van der Waals surface area contributed by atoms with Gasteiger partial charge in [-0.1, -0.05) is 117 Å². The smallest absolute Gasteiger partial charge is 0.0397 e. The zero-order valence-corrected chi connectivity index (χ0v) is 20.0. The van der Waals surface area contributed by atoms with E-state index in [0.29, 0.717) is 0 Å². The molecule has 3 aliphatic rings. The Kier molecular flexibility index (Phi) is 5.11. The van der Waals surface area contributed by atoms with Gasteiger partial charge in [0.05, 0.1) is 0 Å². The number of rotatable bonds is 5. The van der Waals surface area contributed by atoms with Crippen LogP contribution < -0.4 is 10.4 Å². The van der Waals surface area contributed by atoms with Crippen LogP contribution in [0, 0.1) is 0 Å². The minimum Gasteiger partial charge on any atom is -0.0801 e. The van der Waals surface area contributed by atoms with E-state index < -0.39 is 0 Å². The first-order valence-corrected chi connectivity index (χ1v) is 12.6. The fourth-order valence-electron chi connectivity index (χ4n) is 6.05. The standard InChI is InChI=1S/C34H30/c1-3-24-19-20-29-27(21-24)22-30-32(29)31(25-13-7-5-8-14-25)23-34(4-2,28-17-9-6-10-18-28)33(30)26-15-11-12-16-26/h5-15,17-23H,3-4,16H2,1-2H3.